The molecule has 120 valence electrons. The maximum Gasteiger partial charge on any atom is 0.305 e. The minimum Gasteiger partial charge on any atom is -0.481 e. The van der Waals surface area contributed by atoms with Crippen molar-refractivity contribution < 1.29 is 23.8 Å². The van der Waals surface area contributed by atoms with Gasteiger partial charge in [-0.25, -0.2) is 4.39 Å². The average Bonchev–Trinajstić information content (AvgIpc) is 2.93. The summed E-state index contributed by atoms with van der Waals surface area (Å²) in [5.41, 5.74) is 0.366. The zero-order chi connectivity index (χ0) is 16.1. The number of amides is 1. The summed E-state index contributed by atoms with van der Waals surface area (Å²) in [5, 5.41) is 11.5. The van der Waals surface area contributed by atoms with Crippen molar-refractivity contribution in [2.24, 2.45) is 0 Å². The molecule has 1 aromatic carbocycles. The molecule has 2 atom stereocenters. The van der Waals surface area contributed by atoms with E-state index >= 15 is 0 Å². The van der Waals surface area contributed by atoms with Gasteiger partial charge in [-0.2, -0.15) is 0 Å². The Morgan fingerprint density at radius 1 is 1.50 bits per heavy atom. The topological polar surface area (TPSA) is 75.6 Å². The highest BCUT2D eigenvalue weighted by Crippen LogP contribution is 2.23. The predicted molar refractivity (Wildman–Crippen MR) is 78.1 cm³/mol. The second kappa shape index (κ2) is 7.56. The minimum absolute atomic E-state index is 0.0523. The lowest BCUT2D eigenvalue weighted by molar-refractivity contribution is -0.137. The Balaban J connectivity index is 2.06. The van der Waals surface area contributed by atoms with Crippen LogP contribution in [-0.2, 0) is 14.3 Å². The van der Waals surface area contributed by atoms with E-state index in [-0.39, 0.29) is 29.9 Å². The molecule has 1 saturated heterocycles. The molecule has 0 aromatic heterocycles. The lowest BCUT2D eigenvalue weighted by Gasteiger charge is -2.19. The van der Waals surface area contributed by atoms with Crippen LogP contribution in [0.5, 0.6) is 0 Å². The van der Waals surface area contributed by atoms with Crippen molar-refractivity contribution in [2.45, 2.75) is 37.8 Å². The van der Waals surface area contributed by atoms with Gasteiger partial charge in [-0.05, 0) is 30.5 Å². The first kappa shape index (κ1) is 16.7. The van der Waals surface area contributed by atoms with Crippen LogP contribution in [-0.4, -0.2) is 29.7 Å². The zero-order valence-corrected chi connectivity index (χ0v) is 12.6. The van der Waals surface area contributed by atoms with E-state index in [9.17, 15) is 14.0 Å². The molecule has 22 heavy (non-hydrogen) atoms. The number of hydrogen-bond donors (Lipinski definition) is 2. The van der Waals surface area contributed by atoms with Gasteiger partial charge in [0.15, 0.2) is 0 Å². The molecule has 0 bridgehead atoms. The van der Waals surface area contributed by atoms with Crippen molar-refractivity contribution in [1.29, 1.82) is 0 Å². The summed E-state index contributed by atoms with van der Waals surface area (Å²) in [7, 11) is 0. The molecule has 0 aliphatic carbocycles. The fraction of sp³-hybridized carbons (Fsp3) is 0.467. The van der Waals surface area contributed by atoms with Crippen molar-refractivity contribution in [2.75, 3.05) is 6.61 Å². The molecule has 0 spiro atoms. The van der Waals surface area contributed by atoms with Crippen LogP contribution in [0, 0.1) is 5.82 Å². The number of hydrogen-bond acceptors (Lipinski definition) is 3. The lowest BCUT2D eigenvalue weighted by atomic mass is 10.0. The molecule has 7 heteroatoms. The number of aliphatic carboxylic acids is 1. The Kier molecular flexibility index (Phi) is 5.74. The molecule has 0 unspecified atom stereocenters. The number of halogens is 2. The Morgan fingerprint density at radius 3 is 2.86 bits per heavy atom. The highest BCUT2D eigenvalue weighted by atomic mass is 35.5. The molecule has 1 aliphatic heterocycles. The van der Waals surface area contributed by atoms with Gasteiger partial charge in [-0.15, -0.1) is 0 Å². The van der Waals surface area contributed by atoms with E-state index in [1.54, 1.807) is 0 Å². The molecule has 0 saturated carbocycles. The SMILES string of the molecule is O=C(O)C[C@@H](NC(=O)C[C@@H]1CCCO1)c1ccc(Cl)c(F)c1. The number of rotatable bonds is 6. The number of carboxylic acids is 1. The van der Waals surface area contributed by atoms with Gasteiger partial charge in [-0.3, -0.25) is 9.59 Å². The quantitative estimate of drug-likeness (QED) is 0.841. The highest BCUT2D eigenvalue weighted by Gasteiger charge is 2.23. The summed E-state index contributed by atoms with van der Waals surface area (Å²) in [6.07, 6.45) is 1.43. The number of ether oxygens (including phenoxy) is 1. The Hall–Kier alpha value is -1.66. The molecule has 1 aromatic rings. The van der Waals surface area contributed by atoms with Gasteiger partial charge in [0.1, 0.15) is 5.82 Å². The van der Waals surface area contributed by atoms with Gasteiger partial charge in [0, 0.05) is 6.61 Å². The van der Waals surface area contributed by atoms with E-state index in [4.69, 9.17) is 21.4 Å². The van der Waals surface area contributed by atoms with Crippen LogP contribution in [0.25, 0.3) is 0 Å². The van der Waals surface area contributed by atoms with Crippen LogP contribution in [0.15, 0.2) is 18.2 Å². The third-order valence-electron chi connectivity index (χ3n) is 3.50. The largest absolute Gasteiger partial charge is 0.481 e. The second-order valence-corrected chi connectivity index (χ2v) is 5.64. The van der Waals surface area contributed by atoms with E-state index < -0.39 is 17.8 Å². The molecule has 2 N–H and O–H groups in total. The van der Waals surface area contributed by atoms with Crippen LogP contribution >= 0.6 is 11.6 Å². The summed E-state index contributed by atoms with van der Waals surface area (Å²) < 4.78 is 18.9. The van der Waals surface area contributed by atoms with E-state index in [0.717, 1.165) is 18.9 Å². The number of carbonyl (C=O) groups is 2. The first-order valence-corrected chi connectivity index (χ1v) is 7.41. The van der Waals surface area contributed by atoms with Gasteiger partial charge in [0.25, 0.3) is 0 Å². The van der Waals surface area contributed by atoms with E-state index in [1.165, 1.54) is 12.1 Å². The molecular weight excluding hydrogens is 313 g/mol. The maximum atomic E-state index is 13.5. The molecule has 5 nitrogen and oxygen atoms in total. The standard InChI is InChI=1S/C15H17ClFNO4/c16-11-4-3-9(6-12(11)17)13(8-15(20)21)18-14(19)7-10-2-1-5-22-10/h3-4,6,10,13H,1-2,5,7-8H2,(H,18,19)(H,20,21)/t10-,13+/m0/s1. The number of benzene rings is 1. The number of nitrogens with one attached hydrogen (secondary N) is 1. The first-order chi connectivity index (χ1) is 10.5. The summed E-state index contributed by atoms with van der Waals surface area (Å²) in [4.78, 5) is 23.0. The van der Waals surface area contributed by atoms with Crippen LogP contribution < -0.4 is 5.32 Å². The van der Waals surface area contributed by atoms with Gasteiger partial charge >= 0.3 is 5.97 Å². The summed E-state index contributed by atoms with van der Waals surface area (Å²) in [6, 6.07) is 3.18. The third-order valence-corrected chi connectivity index (χ3v) is 3.80. The maximum absolute atomic E-state index is 13.5. The lowest BCUT2D eigenvalue weighted by Crippen LogP contribution is -2.32. The van der Waals surface area contributed by atoms with Crippen LogP contribution in [0.1, 0.15) is 37.3 Å². The number of carbonyl (C=O) groups excluding carboxylic acids is 1. The molecule has 1 fully saturated rings. The van der Waals surface area contributed by atoms with Crippen molar-refractivity contribution >= 4 is 23.5 Å². The Morgan fingerprint density at radius 2 is 2.27 bits per heavy atom. The third kappa shape index (κ3) is 4.68. The Bertz CT molecular complexity index is 560. The monoisotopic (exact) mass is 329 g/mol. The molecule has 1 amide bonds. The predicted octanol–water partition coefficient (Wildman–Crippen LogP) is 2.68. The zero-order valence-electron chi connectivity index (χ0n) is 11.9. The first-order valence-electron chi connectivity index (χ1n) is 7.03. The average molecular weight is 330 g/mol. The van der Waals surface area contributed by atoms with Crippen molar-refractivity contribution in [3.63, 3.8) is 0 Å². The highest BCUT2D eigenvalue weighted by molar-refractivity contribution is 6.30. The molecule has 0 radical (unpaired) electrons. The van der Waals surface area contributed by atoms with E-state index in [1.807, 2.05) is 0 Å². The van der Waals surface area contributed by atoms with E-state index in [2.05, 4.69) is 5.32 Å². The summed E-state index contributed by atoms with van der Waals surface area (Å²) in [6.45, 7) is 0.638. The fourth-order valence-electron chi connectivity index (χ4n) is 2.42. The molecule has 2 rings (SSSR count). The van der Waals surface area contributed by atoms with Crippen molar-refractivity contribution in [3.05, 3.63) is 34.6 Å². The molecule has 1 aliphatic rings. The molecule has 1 heterocycles. The van der Waals surface area contributed by atoms with Crippen LogP contribution in [0.4, 0.5) is 4.39 Å². The van der Waals surface area contributed by atoms with Crippen molar-refractivity contribution in [3.8, 4) is 0 Å². The normalized spacial score (nSPS) is 18.9. The summed E-state index contributed by atoms with van der Waals surface area (Å²) >= 11 is 5.61. The van der Waals surface area contributed by atoms with Gasteiger partial charge in [0.2, 0.25) is 5.91 Å². The smallest absolute Gasteiger partial charge is 0.305 e. The minimum atomic E-state index is -1.09. The number of carboxylic acid groups (broad SMARTS) is 1. The summed E-state index contributed by atoms with van der Waals surface area (Å²) in [5.74, 6) is -2.05. The Labute approximate surface area is 132 Å². The van der Waals surface area contributed by atoms with Gasteiger partial charge in [0.05, 0.1) is 30.0 Å². The fourth-order valence-corrected chi connectivity index (χ4v) is 2.54. The second-order valence-electron chi connectivity index (χ2n) is 5.23. The van der Waals surface area contributed by atoms with Gasteiger partial charge in [-0.1, -0.05) is 17.7 Å². The van der Waals surface area contributed by atoms with Crippen LogP contribution in [0.3, 0.4) is 0 Å². The van der Waals surface area contributed by atoms with Crippen LogP contribution in [0.2, 0.25) is 5.02 Å². The molecular formula is C15H17ClFNO4. The van der Waals surface area contributed by atoms with Gasteiger partial charge < -0.3 is 15.2 Å². The van der Waals surface area contributed by atoms with E-state index in [0.29, 0.717) is 12.2 Å². The van der Waals surface area contributed by atoms with Crippen molar-refractivity contribution in [1.82, 2.24) is 5.32 Å².